The van der Waals surface area contributed by atoms with Gasteiger partial charge in [0.1, 0.15) is 6.61 Å². The highest BCUT2D eigenvalue weighted by Crippen LogP contribution is 2.26. The summed E-state index contributed by atoms with van der Waals surface area (Å²) in [6.07, 6.45) is 11.3. The van der Waals surface area contributed by atoms with Crippen molar-refractivity contribution in [2.75, 3.05) is 6.61 Å². The maximum absolute atomic E-state index is 11.8. The second-order valence-electron chi connectivity index (χ2n) is 5.02. The molecule has 0 saturated heterocycles. The highest BCUT2D eigenvalue weighted by Gasteiger charge is 2.23. The molecular weight excluding hydrogens is 188 g/mol. The third-order valence-corrected chi connectivity index (χ3v) is 3.82. The molecule has 0 aromatic heterocycles. The van der Waals surface area contributed by atoms with Crippen molar-refractivity contribution in [3.8, 4) is 0 Å². The van der Waals surface area contributed by atoms with Crippen LogP contribution in [-0.2, 0) is 9.53 Å². The smallest absolute Gasteiger partial charge is 0.161 e. The predicted octanol–water partition coefficient (Wildman–Crippen LogP) is 3.10. The van der Waals surface area contributed by atoms with Gasteiger partial charge in [0.05, 0.1) is 6.10 Å². The van der Waals surface area contributed by atoms with Crippen molar-refractivity contribution in [2.24, 2.45) is 5.92 Å². The molecule has 2 rings (SSSR count). The van der Waals surface area contributed by atoms with Gasteiger partial charge in [0.15, 0.2) is 5.78 Å². The summed E-state index contributed by atoms with van der Waals surface area (Å²) in [7, 11) is 0. The molecule has 0 bridgehead atoms. The predicted molar refractivity (Wildman–Crippen MR) is 59.8 cm³/mol. The quantitative estimate of drug-likeness (QED) is 0.712. The maximum Gasteiger partial charge on any atom is 0.161 e. The van der Waals surface area contributed by atoms with Crippen LogP contribution in [0.15, 0.2) is 0 Å². The van der Waals surface area contributed by atoms with Gasteiger partial charge in [-0.2, -0.15) is 0 Å². The minimum Gasteiger partial charge on any atom is -0.370 e. The second-order valence-corrected chi connectivity index (χ2v) is 5.02. The topological polar surface area (TPSA) is 26.3 Å². The van der Waals surface area contributed by atoms with Gasteiger partial charge in [-0.1, -0.05) is 32.1 Å². The fourth-order valence-corrected chi connectivity index (χ4v) is 2.80. The largest absolute Gasteiger partial charge is 0.370 e. The SMILES string of the molecule is O=C(COC1CCCCC1)C1CCCC1. The molecule has 0 heterocycles. The summed E-state index contributed by atoms with van der Waals surface area (Å²) in [5, 5.41) is 0. The highest BCUT2D eigenvalue weighted by atomic mass is 16.5. The van der Waals surface area contributed by atoms with Gasteiger partial charge in [0.2, 0.25) is 0 Å². The molecule has 2 saturated carbocycles. The second kappa shape index (κ2) is 5.64. The number of hydrogen-bond acceptors (Lipinski definition) is 2. The Morgan fingerprint density at radius 1 is 0.933 bits per heavy atom. The zero-order valence-corrected chi connectivity index (χ0v) is 9.54. The van der Waals surface area contributed by atoms with E-state index in [-0.39, 0.29) is 0 Å². The van der Waals surface area contributed by atoms with Gasteiger partial charge in [-0.25, -0.2) is 0 Å². The standard InChI is InChI=1S/C13H22O2/c14-13(11-6-4-5-7-11)10-15-12-8-2-1-3-9-12/h11-12H,1-10H2. The van der Waals surface area contributed by atoms with Crippen LogP contribution in [0.5, 0.6) is 0 Å². The fraction of sp³-hybridized carbons (Fsp3) is 0.923. The number of ketones is 1. The van der Waals surface area contributed by atoms with Crippen LogP contribution in [0.25, 0.3) is 0 Å². The Balaban J connectivity index is 1.65. The molecule has 86 valence electrons. The van der Waals surface area contributed by atoms with Gasteiger partial charge in [-0.3, -0.25) is 4.79 Å². The van der Waals surface area contributed by atoms with Crippen LogP contribution >= 0.6 is 0 Å². The number of carbonyl (C=O) groups excluding carboxylic acids is 1. The molecule has 2 fully saturated rings. The first-order valence-electron chi connectivity index (χ1n) is 6.50. The summed E-state index contributed by atoms with van der Waals surface area (Å²) in [5.41, 5.74) is 0. The third-order valence-electron chi connectivity index (χ3n) is 3.82. The molecule has 2 nitrogen and oxygen atoms in total. The van der Waals surface area contributed by atoms with E-state index < -0.39 is 0 Å². The monoisotopic (exact) mass is 210 g/mol. The Hall–Kier alpha value is -0.370. The van der Waals surface area contributed by atoms with Crippen molar-refractivity contribution < 1.29 is 9.53 Å². The molecule has 0 aliphatic heterocycles. The van der Waals surface area contributed by atoms with Gasteiger partial charge >= 0.3 is 0 Å². The van der Waals surface area contributed by atoms with E-state index in [1.807, 2.05) is 0 Å². The number of rotatable bonds is 4. The molecule has 0 aromatic rings. The van der Waals surface area contributed by atoms with Crippen molar-refractivity contribution in [1.29, 1.82) is 0 Å². The van der Waals surface area contributed by atoms with Crippen LogP contribution in [0.4, 0.5) is 0 Å². The number of carbonyl (C=O) groups is 1. The average molecular weight is 210 g/mol. The molecule has 2 heteroatoms. The summed E-state index contributed by atoms with van der Waals surface area (Å²) in [6.45, 7) is 0.384. The van der Waals surface area contributed by atoms with Crippen molar-refractivity contribution in [1.82, 2.24) is 0 Å². The molecule has 2 aliphatic rings. The van der Waals surface area contributed by atoms with Crippen molar-refractivity contribution in [3.05, 3.63) is 0 Å². The van der Waals surface area contributed by atoms with E-state index in [1.165, 1.54) is 32.1 Å². The normalized spacial score (nSPS) is 24.5. The summed E-state index contributed by atoms with van der Waals surface area (Å²) in [6, 6.07) is 0. The fourth-order valence-electron chi connectivity index (χ4n) is 2.80. The van der Waals surface area contributed by atoms with Gasteiger partial charge in [0, 0.05) is 5.92 Å². The molecule has 0 aromatic carbocycles. The van der Waals surface area contributed by atoms with Gasteiger partial charge in [0.25, 0.3) is 0 Å². The van der Waals surface area contributed by atoms with E-state index in [0.29, 0.717) is 24.4 Å². The Morgan fingerprint density at radius 2 is 1.53 bits per heavy atom. The van der Waals surface area contributed by atoms with Gasteiger partial charge in [-0.15, -0.1) is 0 Å². The number of hydrogen-bond donors (Lipinski definition) is 0. The summed E-state index contributed by atoms with van der Waals surface area (Å²) in [4.78, 5) is 11.8. The van der Waals surface area contributed by atoms with E-state index in [9.17, 15) is 4.79 Å². The Morgan fingerprint density at radius 3 is 2.20 bits per heavy atom. The zero-order chi connectivity index (χ0) is 10.5. The Bertz CT molecular complexity index is 201. The molecule has 0 spiro atoms. The van der Waals surface area contributed by atoms with E-state index in [0.717, 1.165) is 25.7 Å². The van der Waals surface area contributed by atoms with Crippen LogP contribution in [-0.4, -0.2) is 18.5 Å². The Labute approximate surface area is 92.4 Å². The molecule has 0 radical (unpaired) electrons. The van der Waals surface area contributed by atoms with Crippen LogP contribution in [0, 0.1) is 5.92 Å². The van der Waals surface area contributed by atoms with E-state index >= 15 is 0 Å². The molecule has 15 heavy (non-hydrogen) atoms. The lowest BCUT2D eigenvalue weighted by Gasteiger charge is -2.22. The minimum absolute atomic E-state index is 0.327. The summed E-state index contributed by atoms with van der Waals surface area (Å²) in [5.74, 6) is 0.687. The molecule has 0 N–H and O–H groups in total. The number of ether oxygens (including phenoxy) is 1. The first kappa shape index (κ1) is 11.1. The highest BCUT2D eigenvalue weighted by molar-refractivity contribution is 5.82. The third kappa shape index (κ3) is 3.30. The zero-order valence-electron chi connectivity index (χ0n) is 9.54. The van der Waals surface area contributed by atoms with Crippen LogP contribution in [0.3, 0.4) is 0 Å². The number of Topliss-reactive ketones (excluding diaryl/α,β-unsaturated/α-hetero) is 1. The van der Waals surface area contributed by atoms with Crippen molar-refractivity contribution in [3.63, 3.8) is 0 Å². The summed E-state index contributed by atoms with van der Waals surface area (Å²) >= 11 is 0. The van der Waals surface area contributed by atoms with Crippen LogP contribution < -0.4 is 0 Å². The van der Waals surface area contributed by atoms with Crippen LogP contribution in [0.1, 0.15) is 57.8 Å². The maximum atomic E-state index is 11.8. The molecular formula is C13H22O2. The van der Waals surface area contributed by atoms with Crippen molar-refractivity contribution in [2.45, 2.75) is 63.9 Å². The van der Waals surface area contributed by atoms with E-state index in [2.05, 4.69) is 0 Å². The molecule has 0 amide bonds. The van der Waals surface area contributed by atoms with Crippen LogP contribution in [0.2, 0.25) is 0 Å². The molecule has 2 aliphatic carbocycles. The van der Waals surface area contributed by atoms with Gasteiger partial charge in [-0.05, 0) is 25.7 Å². The lowest BCUT2D eigenvalue weighted by Crippen LogP contribution is -2.24. The minimum atomic E-state index is 0.327. The lowest BCUT2D eigenvalue weighted by molar-refractivity contribution is -0.130. The first-order valence-corrected chi connectivity index (χ1v) is 6.50. The summed E-state index contributed by atoms with van der Waals surface area (Å²) < 4.78 is 5.71. The molecule has 0 atom stereocenters. The average Bonchev–Trinajstić information content (AvgIpc) is 2.81. The lowest BCUT2D eigenvalue weighted by atomic mass is 9.97. The molecule has 0 unspecified atom stereocenters. The Kier molecular flexibility index (Phi) is 4.18. The first-order chi connectivity index (χ1) is 7.36. The van der Waals surface area contributed by atoms with E-state index in [4.69, 9.17) is 4.74 Å². The van der Waals surface area contributed by atoms with Crippen molar-refractivity contribution >= 4 is 5.78 Å². The van der Waals surface area contributed by atoms with Gasteiger partial charge < -0.3 is 4.74 Å². The van der Waals surface area contributed by atoms with E-state index in [1.54, 1.807) is 0 Å².